The monoisotopic (exact) mass is 272 g/mol. The summed E-state index contributed by atoms with van der Waals surface area (Å²) >= 11 is 0. The van der Waals surface area contributed by atoms with Gasteiger partial charge in [0.2, 0.25) is 0 Å². The van der Waals surface area contributed by atoms with E-state index >= 15 is 0 Å². The lowest BCUT2D eigenvalue weighted by Gasteiger charge is -2.28. The Bertz CT molecular complexity index is 632. The second kappa shape index (κ2) is 5.27. The molecular formula is C16H20N2O2. The first-order valence-electron chi connectivity index (χ1n) is 7.40. The third kappa shape index (κ3) is 2.09. The molecule has 0 saturated heterocycles. The molecule has 1 saturated carbocycles. The summed E-state index contributed by atoms with van der Waals surface area (Å²) in [4.78, 5) is 16.3. The number of aromatic nitrogens is 2. The lowest BCUT2D eigenvalue weighted by Crippen LogP contribution is -2.27. The smallest absolute Gasteiger partial charge is 0.307 e. The highest BCUT2D eigenvalue weighted by atomic mass is 16.4. The number of carbonyl (C=O) groups is 1. The van der Waals surface area contributed by atoms with Gasteiger partial charge in [-0.15, -0.1) is 0 Å². The number of imidazole rings is 1. The molecule has 1 heterocycles. The van der Waals surface area contributed by atoms with Gasteiger partial charge in [0, 0.05) is 12.5 Å². The normalized spacial score (nSPS) is 23.1. The molecule has 1 aromatic carbocycles. The standard InChI is InChI=1S/C16H20N2O2/c1-2-18-14-10-6-5-9-13(14)17-15(18)11-7-3-4-8-12(11)16(19)20/h5-6,9-12H,2-4,7-8H2,1H3,(H,19,20). The van der Waals surface area contributed by atoms with Crippen molar-refractivity contribution in [3.63, 3.8) is 0 Å². The van der Waals surface area contributed by atoms with Gasteiger partial charge in [0.05, 0.1) is 17.0 Å². The highest BCUT2D eigenvalue weighted by Gasteiger charge is 2.34. The van der Waals surface area contributed by atoms with E-state index in [0.29, 0.717) is 0 Å². The topological polar surface area (TPSA) is 55.1 Å². The quantitative estimate of drug-likeness (QED) is 0.931. The molecule has 0 bridgehead atoms. The van der Waals surface area contributed by atoms with Crippen LogP contribution >= 0.6 is 0 Å². The van der Waals surface area contributed by atoms with Crippen LogP contribution in [0.1, 0.15) is 44.3 Å². The summed E-state index contributed by atoms with van der Waals surface area (Å²) in [6, 6.07) is 8.06. The Morgan fingerprint density at radius 3 is 2.85 bits per heavy atom. The van der Waals surface area contributed by atoms with Crippen molar-refractivity contribution in [3.05, 3.63) is 30.1 Å². The Labute approximate surface area is 118 Å². The number of carboxylic acids is 1. The molecule has 2 atom stereocenters. The molecule has 20 heavy (non-hydrogen) atoms. The van der Waals surface area contributed by atoms with Crippen molar-refractivity contribution in [2.24, 2.45) is 5.92 Å². The molecule has 106 valence electrons. The molecule has 0 aliphatic heterocycles. The molecule has 4 heteroatoms. The van der Waals surface area contributed by atoms with Gasteiger partial charge >= 0.3 is 5.97 Å². The fraction of sp³-hybridized carbons (Fsp3) is 0.500. The minimum absolute atomic E-state index is 0.0496. The largest absolute Gasteiger partial charge is 0.481 e. The van der Waals surface area contributed by atoms with Gasteiger partial charge in [0.15, 0.2) is 0 Å². The number of hydrogen-bond acceptors (Lipinski definition) is 2. The predicted molar refractivity (Wildman–Crippen MR) is 77.7 cm³/mol. The zero-order valence-electron chi connectivity index (χ0n) is 11.7. The van der Waals surface area contributed by atoms with Crippen molar-refractivity contribution < 1.29 is 9.90 Å². The number of hydrogen-bond donors (Lipinski definition) is 1. The summed E-state index contributed by atoms with van der Waals surface area (Å²) in [6.45, 7) is 2.93. The number of aryl methyl sites for hydroxylation is 1. The molecule has 3 rings (SSSR count). The summed E-state index contributed by atoms with van der Waals surface area (Å²) in [7, 11) is 0. The summed E-state index contributed by atoms with van der Waals surface area (Å²) in [5.74, 6) is 0.0460. The van der Waals surface area contributed by atoms with Crippen LogP contribution in [-0.4, -0.2) is 20.6 Å². The van der Waals surface area contributed by atoms with Crippen LogP contribution in [0.5, 0.6) is 0 Å². The van der Waals surface area contributed by atoms with E-state index < -0.39 is 5.97 Å². The predicted octanol–water partition coefficient (Wildman–Crippen LogP) is 3.41. The summed E-state index contributed by atoms with van der Waals surface area (Å²) < 4.78 is 2.18. The van der Waals surface area contributed by atoms with Crippen molar-refractivity contribution >= 4 is 17.0 Å². The average molecular weight is 272 g/mol. The number of nitrogens with zero attached hydrogens (tertiary/aromatic N) is 2. The van der Waals surface area contributed by atoms with Crippen LogP contribution in [0.4, 0.5) is 0 Å². The van der Waals surface area contributed by atoms with Crippen LogP contribution in [0.2, 0.25) is 0 Å². The molecule has 1 aliphatic rings. The zero-order valence-corrected chi connectivity index (χ0v) is 11.7. The Hall–Kier alpha value is -1.84. The molecular weight excluding hydrogens is 252 g/mol. The van der Waals surface area contributed by atoms with Gasteiger partial charge in [-0.3, -0.25) is 4.79 Å². The molecule has 1 N–H and O–H groups in total. The molecule has 0 radical (unpaired) electrons. The van der Waals surface area contributed by atoms with Crippen molar-refractivity contribution in [1.82, 2.24) is 9.55 Å². The first-order chi connectivity index (χ1) is 9.72. The Morgan fingerprint density at radius 1 is 1.35 bits per heavy atom. The van der Waals surface area contributed by atoms with Gasteiger partial charge in [-0.05, 0) is 31.9 Å². The van der Waals surface area contributed by atoms with Crippen molar-refractivity contribution in [2.45, 2.75) is 45.1 Å². The van der Waals surface area contributed by atoms with Gasteiger partial charge < -0.3 is 9.67 Å². The second-order valence-electron chi connectivity index (χ2n) is 5.54. The van der Waals surface area contributed by atoms with Gasteiger partial charge in [0.1, 0.15) is 5.82 Å². The van der Waals surface area contributed by atoms with Gasteiger partial charge in [-0.25, -0.2) is 4.98 Å². The van der Waals surface area contributed by atoms with E-state index in [4.69, 9.17) is 4.98 Å². The molecule has 1 fully saturated rings. The summed E-state index contributed by atoms with van der Waals surface area (Å²) in [6.07, 6.45) is 3.81. The zero-order chi connectivity index (χ0) is 14.1. The maximum Gasteiger partial charge on any atom is 0.307 e. The summed E-state index contributed by atoms with van der Waals surface area (Å²) in [5.41, 5.74) is 2.08. The minimum atomic E-state index is -0.676. The van der Waals surface area contributed by atoms with Crippen molar-refractivity contribution in [3.8, 4) is 0 Å². The van der Waals surface area contributed by atoms with E-state index in [2.05, 4.69) is 17.6 Å². The second-order valence-corrected chi connectivity index (χ2v) is 5.54. The van der Waals surface area contributed by atoms with Crippen LogP contribution < -0.4 is 0 Å². The average Bonchev–Trinajstić information content (AvgIpc) is 2.85. The highest BCUT2D eigenvalue weighted by Crippen LogP contribution is 2.38. The van der Waals surface area contributed by atoms with Crippen LogP contribution in [-0.2, 0) is 11.3 Å². The van der Waals surface area contributed by atoms with E-state index in [9.17, 15) is 9.90 Å². The van der Waals surface area contributed by atoms with Crippen molar-refractivity contribution in [1.29, 1.82) is 0 Å². The lowest BCUT2D eigenvalue weighted by molar-refractivity contribution is -0.143. The third-order valence-electron chi connectivity index (χ3n) is 4.42. The van der Waals surface area contributed by atoms with Crippen LogP contribution in [0.3, 0.4) is 0 Å². The van der Waals surface area contributed by atoms with Crippen LogP contribution in [0.15, 0.2) is 24.3 Å². The fourth-order valence-electron chi connectivity index (χ4n) is 3.45. The van der Waals surface area contributed by atoms with Crippen molar-refractivity contribution in [2.75, 3.05) is 0 Å². The highest BCUT2D eigenvalue weighted by molar-refractivity contribution is 5.77. The molecule has 2 aromatic rings. The number of fused-ring (bicyclic) bond motifs is 1. The van der Waals surface area contributed by atoms with Gasteiger partial charge in [0.25, 0.3) is 0 Å². The van der Waals surface area contributed by atoms with E-state index in [0.717, 1.165) is 49.1 Å². The number of aliphatic carboxylic acids is 1. The van der Waals surface area contributed by atoms with E-state index in [1.54, 1.807) is 0 Å². The van der Waals surface area contributed by atoms with Crippen LogP contribution in [0.25, 0.3) is 11.0 Å². The Kier molecular flexibility index (Phi) is 3.47. The lowest BCUT2D eigenvalue weighted by atomic mass is 9.78. The van der Waals surface area contributed by atoms with Gasteiger partial charge in [-0.1, -0.05) is 25.0 Å². The van der Waals surface area contributed by atoms with Gasteiger partial charge in [-0.2, -0.15) is 0 Å². The van der Waals surface area contributed by atoms with Crippen LogP contribution in [0, 0.1) is 5.92 Å². The first kappa shape index (κ1) is 13.2. The molecule has 4 nitrogen and oxygen atoms in total. The number of rotatable bonds is 3. The first-order valence-corrected chi connectivity index (χ1v) is 7.40. The minimum Gasteiger partial charge on any atom is -0.481 e. The third-order valence-corrected chi connectivity index (χ3v) is 4.42. The molecule has 1 aliphatic carbocycles. The van der Waals surface area contributed by atoms with E-state index in [1.165, 1.54) is 0 Å². The molecule has 0 spiro atoms. The number of benzene rings is 1. The van der Waals surface area contributed by atoms with E-state index in [-0.39, 0.29) is 11.8 Å². The number of para-hydroxylation sites is 2. The Balaban J connectivity index is 2.10. The maximum absolute atomic E-state index is 11.5. The fourth-order valence-corrected chi connectivity index (χ4v) is 3.45. The number of carboxylic acid groups (broad SMARTS) is 1. The SMILES string of the molecule is CCn1c(C2CCCCC2C(=O)O)nc2ccccc21. The Morgan fingerprint density at radius 2 is 2.10 bits per heavy atom. The molecule has 1 aromatic heterocycles. The van der Waals surface area contributed by atoms with E-state index in [1.807, 2.05) is 18.2 Å². The molecule has 0 amide bonds. The maximum atomic E-state index is 11.5. The summed E-state index contributed by atoms with van der Waals surface area (Å²) in [5, 5.41) is 9.47. The molecule has 2 unspecified atom stereocenters.